The summed E-state index contributed by atoms with van der Waals surface area (Å²) in [6, 6.07) is 21.3. The van der Waals surface area contributed by atoms with Gasteiger partial charge in [0.05, 0.1) is 36.1 Å². The highest BCUT2D eigenvalue weighted by Gasteiger charge is 2.26. The number of nitrogens with one attached hydrogen (secondary N) is 3. The third-order valence-electron chi connectivity index (χ3n) is 6.47. The van der Waals surface area contributed by atoms with Crippen LogP contribution in [-0.2, 0) is 4.74 Å². The first-order valence-corrected chi connectivity index (χ1v) is 12.6. The van der Waals surface area contributed by atoms with Crippen molar-refractivity contribution in [2.75, 3.05) is 31.7 Å². The minimum atomic E-state index is -0.401. The highest BCUT2D eigenvalue weighted by Crippen LogP contribution is 2.27. The Bertz CT molecular complexity index is 1610. The molecule has 9 nitrogen and oxygen atoms in total. The van der Waals surface area contributed by atoms with Gasteiger partial charge in [-0.1, -0.05) is 24.3 Å². The Hall–Kier alpha value is -5.02. The molecule has 0 spiro atoms. The molecule has 0 bridgehead atoms. The van der Waals surface area contributed by atoms with Crippen molar-refractivity contribution >= 4 is 28.5 Å². The van der Waals surface area contributed by atoms with Crippen LogP contribution in [0.4, 0.5) is 5.82 Å². The lowest BCUT2D eigenvalue weighted by Crippen LogP contribution is -2.19. The number of hydrogen-bond acceptors (Lipinski definition) is 7. The number of rotatable bonds is 10. The molecule has 39 heavy (non-hydrogen) atoms. The molecule has 0 aliphatic carbocycles. The molecule has 0 radical (unpaired) electrons. The summed E-state index contributed by atoms with van der Waals surface area (Å²) in [6.07, 6.45) is 5.48. The minimum absolute atomic E-state index is 0.331. The van der Waals surface area contributed by atoms with Crippen molar-refractivity contribution in [2.24, 2.45) is 0 Å². The van der Waals surface area contributed by atoms with Crippen LogP contribution in [0.2, 0.25) is 0 Å². The first kappa shape index (κ1) is 24.3. The fraction of sp³-hybridized carbons (Fsp3) is 0.133. The number of benzene rings is 2. The Balaban J connectivity index is 0.935. The topological polar surface area (TPSA) is 118 Å². The highest BCUT2D eigenvalue weighted by molar-refractivity contribution is 6.21. The molecule has 194 valence electrons. The number of pyridine rings is 2. The van der Waals surface area contributed by atoms with Crippen molar-refractivity contribution < 1.29 is 19.1 Å². The lowest BCUT2D eigenvalue weighted by molar-refractivity contribution is 0.0879. The molecule has 0 saturated heterocycles. The maximum Gasteiger partial charge on any atom is 0.259 e. The smallest absolute Gasteiger partial charge is 0.259 e. The lowest BCUT2D eigenvalue weighted by atomic mass is 10.0. The molecular weight excluding hydrogens is 494 g/mol. The maximum absolute atomic E-state index is 11.7. The molecule has 5 aromatic rings. The Morgan fingerprint density at radius 2 is 1.59 bits per heavy atom. The monoisotopic (exact) mass is 519 g/mol. The van der Waals surface area contributed by atoms with Gasteiger partial charge in [0.15, 0.2) is 0 Å². The second kappa shape index (κ2) is 10.8. The number of anilines is 1. The van der Waals surface area contributed by atoms with Gasteiger partial charge < -0.3 is 19.8 Å². The summed E-state index contributed by atoms with van der Waals surface area (Å²) in [5, 5.41) is 6.65. The number of imide groups is 1. The fourth-order valence-corrected chi connectivity index (χ4v) is 4.45. The second-order valence-corrected chi connectivity index (χ2v) is 9.03. The number of H-pyrrole nitrogens is 1. The van der Waals surface area contributed by atoms with E-state index in [-0.39, 0.29) is 5.91 Å². The molecule has 0 atom stereocenters. The van der Waals surface area contributed by atoms with Crippen LogP contribution in [0.25, 0.3) is 33.3 Å². The van der Waals surface area contributed by atoms with Crippen LogP contribution in [-0.4, -0.2) is 53.1 Å². The molecule has 2 aromatic carbocycles. The fourth-order valence-electron chi connectivity index (χ4n) is 4.45. The van der Waals surface area contributed by atoms with Crippen LogP contribution in [0.5, 0.6) is 5.75 Å². The molecule has 0 fully saturated rings. The number of fused-ring (bicyclic) bond motifs is 2. The summed E-state index contributed by atoms with van der Waals surface area (Å²) in [5.41, 5.74) is 6.03. The van der Waals surface area contributed by atoms with Gasteiger partial charge in [-0.25, -0.2) is 4.98 Å². The molecule has 1 aliphatic rings. The predicted octanol–water partition coefficient (Wildman–Crippen LogP) is 4.68. The second-order valence-electron chi connectivity index (χ2n) is 9.03. The third kappa shape index (κ3) is 5.34. The summed E-state index contributed by atoms with van der Waals surface area (Å²) in [7, 11) is 0. The van der Waals surface area contributed by atoms with E-state index in [0.29, 0.717) is 43.2 Å². The van der Waals surface area contributed by atoms with Crippen LogP contribution in [0, 0.1) is 0 Å². The van der Waals surface area contributed by atoms with Crippen LogP contribution >= 0.6 is 0 Å². The zero-order valence-corrected chi connectivity index (χ0v) is 20.9. The van der Waals surface area contributed by atoms with Crippen molar-refractivity contribution in [1.29, 1.82) is 0 Å². The number of carbonyl (C=O) groups is 2. The standard InChI is InChI=1S/C30H25N5O4/c36-29-24-7-6-23(16-25(24)30(37)35-29)39-14-13-38-12-11-32-28-8-5-22(17-33-28)19-1-3-20(4-2-19)26-15-21-9-10-31-18-27(21)34-26/h1-10,15-18,34H,11-14H2,(H,32,33)(H,35,36,37). The van der Waals surface area contributed by atoms with Gasteiger partial charge in [-0.15, -0.1) is 0 Å². The van der Waals surface area contributed by atoms with Crippen molar-refractivity contribution in [2.45, 2.75) is 0 Å². The van der Waals surface area contributed by atoms with Gasteiger partial charge in [-0.3, -0.25) is 19.9 Å². The first-order chi connectivity index (χ1) is 19.1. The maximum atomic E-state index is 11.7. The van der Waals surface area contributed by atoms with E-state index in [1.54, 1.807) is 24.4 Å². The van der Waals surface area contributed by atoms with Crippen LogP contribution < -0.4 is 15.4 Å². The van der Waals surface area contributed by atoms with E-state index in [9.17, 15) is 9.59 Å². The van der Waals surface area contributed by atoms with E-state index in [2.05, 4.69) is 55.9 Å². The number of aromatic amines is 1. The summed E-state index contributed by atoms with van der Waals surface area (Å²) in [5.74, 6) is 0.514. The summed E-state index contributed by atoms with van der Waals surface area (Å²) in [4.78, 5) is 35.4. The van der Waals surface area contributed by atoms with Gasteiger partial charge in [-0.2, -0.15) is 0 Å². The van der Waals surface area contributed by atoms with E-state index in [1.165, 1.54) is 0 Å². The van der Waals surface area contributed by atoms with Gasteiger partial charge in [0.2, 0.25) is 0 Å². The molecule has 0 saturated carbocycles. The van der Waals surface area contributed by atoms with Crippen LogP contribution in [0.3, 0.4) is 0 Å². The zero-order chi connectivity index (χ0) is 26.6. The van der Waals surface area contributed by atoms with E-state index in [4.69, 9.17) is 9.47 Å². The normalized spacial score (nSPS) is 12.4. The summed E-state index contributed by atoms with van der Waals surface area (Å²) < 4.78 is 11.2. The van der Waals surface area contributed by atoms with Gasteiger partial charge in [0.1, 0.15) is 18.2 Å². The molecular formula is C30H25N5O4. The molecule has 0 unspecified atom stereocenters. The van der Waals surface area contributed by atoms with Gasteiger partial charge >= 0.3 is 0 Å². The van der Waals surface area contributed by atoms with Crippen molar-refractivity contribution in [3.05, 3.63) is 96.4 Å². The average Bonchev–Trinajstić information content (AvgIpc) is 3.53. The minimum Gasteiger partial charge on any atom is -0.491 e. The number of ether oxygens (including phenoxy) is 2. The summed E-state index contributed by atoms with van der Waals surface area (Å²) in [6.45, 7) is 1.81. The number of hydrogen-bond donors (Lipinski definition) is 3. The van der Waals surface area contributed by atoms with E-state index < -0.39 is 5.91 Å². The summed E-state index contributed by atoms with van der Waals surface area (Å²) >= 11 is 0. The van der Waals surface area contributed by atoms with Crippen molar-refractivity contribution in [1.82, 2.24) is 20.3 Å². The van der Waals surface area contributed by atoms with E-state index in [0.717, 1.165) is 39.1 Å². The first-order valence-electron chi connectivity index (χ1n) is 12.6. The Labute approximate surface area is 224 Å². The molecule has 2 amide bonds. The Kier molecular flexibility index (Phi) is 6.71. The SMILES string of the molecule is O=C1NC(=O)c2cc(OCCOCCNc3ccc(-c4ccc(-c5cc6ccncc6[nH]5)cc4)cn3)ccc21. The number of aromatic nitrogens is 3. The molecule has 9 heteroatoms. The van der Waals surface area contributed by atoms with E-state index >= 15 is 0 Å². The van der Waals surface area contributed by atoms with Gasteiger partial charge in [0.25, 0.3) is 11.8 Å². The lowest BCUT2D eigenvalue weighted by Gasteiger charge is -2.09. The average molecular weight is 520 g/mol. The number of amides is 2. The van der Waals surface area contributed by atoms with Crippen LogP contribution in [0.1, 0.15) is 20.7 Å². The molecule has 3 aromatic heterocycles. The number of nitrogens with zero attached hydrogens (tertiary/aromatic N) is 2. The molecule has 3 N–H and O–H groups in total. The van der Waals surface area contributed by atoms with Crippen LogP contribution in [0.15, 0.2) is 85.3 Å². The third-order valence-corrected chi connectivity index (χ3v) is 6.47. The largest absolute Gasteiger partial charge is 0.491 e. The van der Waals surface area contributed by atoms with Crippen molar-refractivity contribution in [3.63, 3.8) is 0 Å². The highest BCUT2D eigenvalue weighted by atomic mass is 16.5. The Morgan fingerprint density at radius 3 is 2.41 bits per heavy atom. The van der Waals surface area contributed by atoms with E-state index in [1.807, 2.05) is 30.6 Å². The van der Waals surface area contributed by atoms with Gasteiger partial charge in [0, 0.05) is 35.6 Å². The van der Waals surface area contributed by atoms with Gasteiger partial charge in [-0.05, 0) is 53.6 Å². The molecule has 4 heterocycles. The quantitative estimate of drug-likeness (QED) is 0.181. The Morgan fingerprint density at radius 1 is 0.769 bits per heavy atom. The van der Waals surface area contributed by atoms with Crippen molar-refractivity contribution in [3.8, 4) is 28.1 Å². The molecule has 6 rings (SSSR count). The predicted molar refractivity (Wildman–Crippen MR) is 148 cm³/mol. The zero-order valence-electron chi connectivity index (χ0n) is 20.9. The molecule has 1 aliphatic heterocycles. The number of carbonyl (C=O) groups excluding carboxylic acids is 2.